The Morgan fingerprint density at radius 2 is 2.15 bits per heavy atom. The molecule has 0 spiro atoms. The third-order valence-corrected chi connectivity index (χ3v) is 3.82. The second-order valence-corrected chi connectivity index (χ2v) is 5.58. The molecular formula is C16H26N2O2. The number of nitrogens with zero attached hydrogens (tertiary/aromatic N) is 1. The lowest BCUT2D eigenvalue weighted by molar-refractivity contribution is 0.0387. The molecule has 112 valence electrons. The summed E-state index contributed by atoms with van der Waals surface area (Å²) >= 11 is 0. The summed E-state index contributed by atoms with van der Waals surface area (Å²) in [5.74, 6) is 0.995. The van der Waals surface area contributed by atoms with Gasteiger partial charge in [0.25, 0.3) is 0 Å². The lowest BCUT2D eigenvalue weighted by atomic mass is 9.95. The van der Waals surface area contributed by atoms with Gasteiger partial charge in [-0.1, -0.05) is 18.2 Å². The average Bonchev–Trinajstić information content (AvgIpc) is 2.45. The molecule has 1 aromatic carbocycles. The molecule has 1 aliphatic rings. The van der Waals surface area contributed by atoms with E-state index >= 15 is 0 Å². The Hall–Kier alpha value is -1.10. The maximum Gasteiger partial charge on any atom is 0.124 e. The van der Waals surface area contributed by atoms with Crippen molar-refractivity contribution in [3.8, 4) is 5.75 Å². The van der Waals surface area contributed by atoms with Crippen LogP contribution < -0.4 is 10.1 Å². The zero-order chi connectivity index (χ0) is 14.5. The Bertz CT molecular complexity index is 423. The fraction of sp³-hybridized carbons (Fsp3) is 0.625. The molecule has 0 fully saturated rings. The maximum absolute atomic E-state index is 5.89. The fourth-order valence-corrected chi connectivity index (χ4v) is 2.68. The van der Waals surface area contributed by atoms with Crippen molar-refractivity contribution in [2.45, 2.75) is 32.0 Å². The van der Waals surface area contributed by atoms with Crippen LogP contribution in [0.1, 0.15) is 25.5 Å². The highest BCUT2D eigenvalue weighted by molar-refractivity contribution is 5.38. The largest absolute Gasteiger partial charge is 0.492 e. The van der Waals surface area contributed by atoms with E-state index in [9.17, 15) is 0 Å². The molecule has 0 amide bonds. The minimum absolute atomic E-state index is 0.284. The summed E-state index contributed by atoms with van der Waals surface area (Å²) in [6, 6.07) is 8.89. The van der Waals surface area contributed by atoms with Gasteiger partial charge in [0.05, 0.1) is 24.8 Å². The van der Waals surface area contributed by atoms with E-state index in [0.717, 1.165) is 18.9 Å². The molecule has 1 heterocycles. The molecule has 1 N–H and O–H groups in total. The van der Waals surface area contributed by atoms with E-state index in [2.05, 4.69) is 43.2 Å². The van der Waals surface area contributed by atoms with Crippen LogP contribution in [-0.4, -0.2) is 50.9 Å². The van der Waals surface area contributed by atoms with Crippen LogP contribution >= 0.6 is 0 Å². The first-order valence-corrected chi connectivity index (χ1v) is 7.34. The van der Waals surface area contributed by atoms with Gasteiger partial charge >= 0.3 is 0 Å². The van der Waals surface area contributed by atoms with E-state index in [1.807, 2.05) is 19.2 Å². The zero-order valence-electron chi connectivity index (χ0n) is 12.9. The summed E-state index contributed by atoms with van der Waals surface area (Å²) in [5.41, 5.74) is 1.24. The van der Waals surface area contributed by atoms with Crippen molar-refractivity contribution in [2.75, 3.05) is 33.9 Å². The Morgan fingerprint density at radius 3 is 2.85 bits per heavy atom. The van der Waals surface area contributed by atoms with Crippen molar-refractivity contribution < 1.29 is 9.47 Å². The molecule has 0 aromatic heterocycles. The van der Waals surface area contributed by atoms with Crippen LogP contribution in [0.25, 0.3) is 0 Å². The van der Waals surface area contributed by atoms with Crippen LogP contribution in [0.2, 0.25) is 0 Å². The Balaban J connectivity index is 2.02. The zero-order valence-corrected chi connectivity index (χ0v) is 12.9. The molecule has 2 unspecified atom stereocenters. The van der Waals surface area contributed by atoms with E-state index < -0.39 is 0 Å². The third-order valence-electron chi connectivity index (χ3n) is 3.82. The summed E-state index contributed by atoms with van der Waals surface area (Å²) in [5, 5.41) is 3.43. The molecule has 4 heteroatoms. The van der Waals surface area contributed by atoms with Gasteiger partial charge in [-0.25, -0.2) is 0 Å². The second-order valence-electron chi connectivity index (χ2n) is 5.58. The van der Waals surface area contributed by atoms with Crippen molar-refractivity contribution in [3.05, 3.63) is 29.8 Å². The van der Waals surface area contributed by atoms with Crippen molar-refractivity contribution in [2.24, 2.45) is 0 Å². The van der Waals surface area contributed by atoms with Gasteiger partial charge < -0.3 is 14.8 Å². The van der Waals surface area contributed by atoms with Crippen LogP contribution in [0, 0.1) is 0 Å². The van der Waals surface area contributed by atoms with Gasteiger partial charge in [-0.05, 0) is 34.0 Å². The van der Waals surface area contributed by atoms with Gasteiger partial charge in [0.2, 0.25) is 0 Å². The number of fused-ring (bicyclic) bond motifs is 1. The van der Waals surface area contributed by atoms with Gasteiger partial charge in [-0.3, -0.25) is 4.90 Å². The summed E-state index contributed by atoms with van der Waals surface area (Å²) in [7, 11) is 4.15. The average molecular weight is 278 g/mol. The first kappa shape index (κ1) is 15.3. The van der Waals surface area contributed by atoms with E-state index in [-0.39, 0.29) is 6.10 Å². The molecule has 1 aliphatic heterocycles. The van der Waals surface area contributed by atoms with E-state index in [1.54, 1.807) is 0 Å². The normalized spacial score (nSPS) is 21.9. The molecule has 0 bridgehead atoms. The smallest absolute Gasteiger partial charge is 0.124 e. The number of hydrogen-bond donors (Lipinski definition) is 1. The maximum atomic E-state index is 5.89. The van der Waals surface area contributed by atoms with Crippen LogP contribution in [0.5, 0.6) is 5.75 Å². The molecule has 2 rings (SSSR count). The van der Waals surface area contributed by atoms with Gasteiger partial charge in [0, 0.05) is 12.1 Å². The SMILES string of the molecule is CNC1c2ccccc2OCC1N(C)CCOC(C)C. The first-order chi connectivity index (χ1) is 9.63. The van der Waals surface area contributed by atoms with Crippen molar-refractivity contribution >= 4 is 0 Å². The molecule has 0 saturated carbocycles. The number of nitrogens with one attached hydrogen (secondary N) is 1. The standard InChI is InChI=1S/C16H26N2O2/c1-12(2)19-10-9-18(4)14-11-20-15-8-6-5-7-13(15)16(14)17-3/h5-8,12,14,16-17H,9-11H2,1-4H3. The van der Waals surface area contributed by atoms with Gasteiger partial charge in [-0.15, -0.1) is 0 Å². The molecular weight excluding hydrogens is 252 g/mol. The van der Waals surface area contributed by atoms with Gasteiger partial charge in [0.15, 0.2) is 0 Å². The highest BCUT2D eigenvalue weighted by atomic mass is 16.5. The van der Waals surface area contributed by atoms with Crippen molar-refractivity contribution in [3.63, 3.8) is 0 Å². The summed E-state index contributed by atoms with van der Waals surface area (Å²) < 4.78 is 11.5. The quantitative estimate of drug-likeness (QED) is 0.863. The van der Waals surface area contributed by atoms with Crippen molar-refractivity contribution in [1.29, 1.82) is 0 Å². The molecule has 20 heavy (non-hydrogen) atoms. The second kappa shape index (κ2) is 7.07. The number of rotatable bonds is 6. The van der Waals surface area contributed by atoms with E-state index in [0.29, 0.717) is 18.7 Å². The van der Waals surface area contributed by atoms with Crippen LogP contribution in [0.4, 0.5) is 0 Å². The fourth-order valence-electron chi connectivity index (χ4n) is 2.68. The topological polar surface area (TPSA) is 33.7 Å². The van der Waals surface area contributed by atoms with Gasteiger partial charge in [0.1, 0.15) is 12.4 Å². The summed E-state index contributed by atoms with van der Waals surface area (Å²) in [6.45, 7) is 6.50. The van der Waals surface area contributed by atoms with Crippen molar-refractivity contribution in [1.82, 2.24) is 10.2 Å². The number of para-hydroxylation sites is 1. The molecule has 1 aromatic rings. The Kier molecular flexibility index (Phi) is 5.40. The highest BCUT2D eigenvalue weighted by Crippen LogP contribution is 2.33. The number of hydrogen-bond acceptors (Lipinski definition) is 4. The third kappa shape index (κ3) is 3.51. The predicted molar refractivity (Wildman–Crippen MR) is 81.2 cm³/mol. The molecule has 0 saturated heterocycles. The Morgan fingerprint density at radius 1 is 1.40 bits per heavy atom. The minimum atomic E-state index is 0.284. The van der Waals surface area contributed by atoms with E-state index in [4.69, 9.17) is 9.47 Å². The minimum Gasteiger partial charge on any atom is -0.492 e. The number of ether oxygens (including phenoxy) is 2. The van der Waals surface area contributed by atoms with E-state index in [1.165, 1.54) is 5.56 Å². The molecule has 2 atom stereocenters. The Labute approximate surface area is 122 Å². The van der Waals surface area contributed by atoms with Crippen LogP contribution in [-0.2, 0) is 4.74 Å². The lowest BCUT2D eigenvalue weighted by Gasteiger charge is -2.38. The first-order valence-electron chi connectivity index (χ1n) is 7.34. The number of likely N-dealkylation sites (N-methyl/N-ethyl adjacent to an activating group) is 2. The predicted octanol–water partition coefficient (Wildman–Crippen LogP) is 2.06. The molecule has 0 aliphatic carbocycles. The van der Waals surface area contributed by atoms with Gasteiger partial charge in [-0.2, -0.15) is 0 Å². The monoisotopic (exact) mass is 278 g/mol. The highest BCUT2D eigenvalue weighted by Gasteiger charge is 2.32. The van der Waals surface area contributed by atoms with Crippen LogP contribution in [0.15, 0.2) is 24.3 Å². The summed E-state index contributed by atoms with van der Waals surface area (Å²) in [4.78, 5) is 2.32. The van der Waals surface area contributed by atoms with Crippen LogP contribution in [0.3, 0.4) is 0 Å². The summed E-state index contributed by atoms with van der Waals surface area (Å²) in [6.07, 6.45) is 0.284. The lowest BCUT2D eigenvalue weighted by Crippen LogP contribution is -2.49. The number of benzene rings is 1. The molecule has 0 radical (unpaired) electrons. The molecule has 4 nitrogen and oxygen atoms in total.